The predicted molar refractivity (Wildman–Crippen MR) is 125 cm³/mol. The number of esters is 4. The minimum absolute atomic E-state index is 0.0324. The molecule has 1 aromatic heterocycles. The van der Waals surface area contributed by atoms with Crippen molar-refractivity contribution >= 4 is 47.3 Å². The van der Waals surface area contributed by atoms with E-state index in [1.807, 2.05) is 30.5 Å². The summed E-state index contributed by atoms with van der Waals surface area (Å²) in [5.74, 6) is -3.06. The normalized spacial score (nSPS) is 20.9. The number of methoxy groups -OCH3 is 1. The van der Waals surface area contributed by atoms with Gasteiger partial charge in [-0.05, 0) is 30.5 Å². The number of benzene rings is 1. The molecule has 1 saturated heterocycles. The number of ether oxygens (including phenoxy) is 5. The van der Waals surface area contributed by atoms with E-state index >= 15 is 0 Å². The van der Waals surface area contributed by atoms with Gasteiger partial charge in [0.05, 0.1) is 7.11 Å². The summed E-state index contributed by atoms with van der Waals surface area (Å²) < 4.78 is 27.6. The summed E-state index contributed by atoms with van der Waals surface area (Å²) in [4.78, 5) is 52.8. The van der Waals surface area contributed by atoms with Crippen LogP contribution in [0.3, 0.4) is 0 Å². The van der Waals surface area contributed by atoms with Crippen molar-refractivity contribution in [3.05, 3.63) is 30.1 Å². The van der Waals surface area contributed by atoms with E-state index in [1.54, 1.807) is 11.8 Å². The molecular formula is C22H26N4O9S. The zero-order valence-corrected chi connectivity index (χ0v) is 21.1. The molecule has 2 aromatic rings. The number of aromatic nitrogens is 3. The van der Waals surface area contributed by atoms with Gasteiger partial charge in [0.1, 0.15) is 12.7 Å². The van der Waals surface area contributed by atoms with Gasteiger partial charge in [-0.2, -0.15) is 4.98 Å². The molecule has 2 heterocycles. The Morgan fingerprint density at radius 3 is 2.22 bits per heavy atom. The first-order valence-corrected chi connectivity index (χ1v) is 11.9. The van der Waals surface area contributed by atoms with Crippen LogP contribution in [0.2, 0.25) is 0 Å². The van der Waals surface area contributed by atoms with Crippen LogP contribution in [0.15, 0.2) is 29.2 Å². The number of nitrogens with zero attached hydrogens (tertiary/aromatic N) is 3. The topological polar surface area (TPSA) is 157 Å². The fourth-order valence-corrected chi connectivity index (χ4v) is 3.89. The number of carbonyl (C=O) groups is 4. The van der Waals surface area contributed by atoms with Crippen LogP contribution in [0.1, 0.15) is 37.6 Å². The molecule has 13 nitrogen and oxygen atoms in total. The predicted octanol–water partition coefficient (Wildman–Crippen LogP) is 1.85. The van der Waals surface area contributed by atoms with Gasteiger partial charge in [0.15, 0.2) is 18.4 Å². The van der Waals surface area contributed by atoms with Gasteiger partial charge in [-0.1, -0.05) is 0 Å². The lowest BCUT2D eigenvalue weighted by Crippen LogP contribution is -2.41. The van der Waals surface area contributed by atoms with Gasteiger partial charge in [-0.15, -0.1) is 16.9 Å². The Balaban J connectivity index is 2.00. The highest BCUT2D eigenvalue weighted by Gasteiger charge is 2.52. The molecular weight excluding hydrogens is 496 g/mol. The molecule has 0 aliphatic carbocycles. The number of rotatable bonds is 9. The Bertz CT molecular complexity index is 1120. The van der Waals surface area contributed by atoms with Crippen molar-refractivity contribution < 1.29 is 42.9 Å². The van der Waals surface area contributed by atoms with Crippen molar-refractivity contribution in [2.45, 2.75) is 50.2 Å². The highest BCUT2D eigenvalue weighted by molar-refractivity contribution is 7.98. The molecule has 0 bridgehead atoms. The number of hydrogen-bond acceptors (Lipinski definition) is 13. The van der Waals surface area contributed by atoms with Gasteiger partial charge in [-0.25, -0.2) is 9.48 Å². The molecule has 1 aliphatic heterocycles. The molecule has 14 heteroatoms. The third-order valence-corrected chi connectivity index (χ3v) is 5.67. The van der Waals surface area contributed by atoms with Crippen LogP contribution in [0.4, 0.5) is 11.6 Å². The summed E-state index contributed by atoms with van der Waals surface area (Å²) in [7, 11) is 1.17. The molecule has 3 rings (SSSR count). The lowest BCUT2D eigenvalue weighted by Gasteiger charge is -2.23. The molecule has 0 unspecified atom stereocenters. The Morgan fingerprint density at radius 2 is 1.67 bits per heavy atom. The summed E-state index contributed by atoms with van der Waals surface area (Å²) in [6, 6.07) is 7.41. The maximum absolute atomic E-state index is 12.5. The quantitative estimate of drug-likeness (QED) is 0.289. The summed E-state index contributed by atoms with van der Waals surface area (Å²) >= 11 is 1.58. The molecule has 0 saturated carbocycles. The molecule has 4 atom stereocenters. The highest BCUT2D eigenvalue weighted by atomic mass is 32.2. The molecule has 1 aliphatic rings. The summed E-state index contributed by atoms with van der Waals surface area (Å²) in [6.45, 7) is 3.22. The van der Waals surface area contributed by atoms with E-state index < -0.39 is 48.4 Å². The van der Waals surface area contributed by atoms with Gasteiger partial charge in [0, 0.05) is 31.4 Å². The maximum atomic E-state index is 12.5. The fourth-order valence-electron chi connectivity index (χ4n) is 3.48. The van der Waals surface area contributed by atoms with Crippen LogP contribution in [-0.4, -0.2) is 76.9 Å². The van der Waals surface area contributed by atoms with Crippen LogP contribution < -0.4 is 5.32 Å². The van der Waals surface area contributed by atoms with Crippen molar-refractivity contribution in [1.82, 2.24) is 14.8 Å². The summed E-state index contributed by atoms with van der Waals surface area (Å²) in [5.41, 5.74) is 0.649. The molecule has 1 N–H and O–H groups in total. The zero-order chi connectivity index (χ0) is 26.4. The largest absolute Gasteiger partial charge is 0.463 e. The van der Waals surface area contributed by atoms with E-state index in [1.165, 1.54) is 21.0 Å². The van der Waals surface area contributed by atoms with Gasteiger partial charge < -0.3 is 29.0 Å². The van der Waals surface area contributed by atoms with Gasteiger partial charge >= 0.3 is 23.9 Å². The fraction of sp³-hybridized carbons (Fsp3) is 0.455. The first kappa shape index (κ1) is 26.9. The smallest absolute Gasteiger partial charge is 0.376 e. The van der Waals surface area contributed by atoms with Crippen LogP contribution in [-0.2, 0) is 38.1 Å². The van der Waals surface area contributed by atoms with E-state index in [0.717, 1.165) is 16.5 Å². The van der Waals surface area contributed by atoms with Crippen LogP contribution in [0.5, 0.6) is 0 Å². The molecule has 0 amide bonds. The standard InChI is InChI=1S/C22H26N4O9S/c1-11(27)32-10-16-17(33-12(2)28)18(34-13(3)29)20(35-16)26-19(21(30)31-4)24-22(25-26)23-14-6-8-15(36-5)9-7-14/h6-9,16-18,20H,10H2,1-5H3,(H,23,25)/t16-,17-,18-,20-/m1/s1. The van der Waals surface area contributed by atoms with Crippen molar-refractivity contribution in [2.75, 3.05) is 25.3 Å². The van der Waals surface area contributed by atoms with Crippen LogP contribution in [0, 0.1) is 0 Å². The van der Waals surface area contributed by atoms with E-state index in [4.69, 9.17) is 23.7 Å². The second-order valence-corrected chi connectivity index (χ2v) is 8.44. The Morgan fingerprint density at radius 1 is 1.03 bits per heavy atom. The molecule has 1 aromatic carbocycles. The Labute approximate surface area is 210 Å². The van der Waals surface area contributed by atoms with E-state index in [0.29, 0.717) is 5.69 Å². The van der Waals surface area contributed by atoms with Gasteiger partial charge in [-0.3, -0.25) is 14.4 Å². The second kappa shape index (κ2) is 11.9. The number of carbonyl (C=O) groups excluding carboxylic acids is 4. The first-order chi connectivity index (χ1) is 17.1. The highest BCUT2D eigenvalue weighted by Crippen LogP contribution is 2.35. The zero-order valence-electron chi connectivity index (χ0n) is 20.3. The van der Waals surface area contributed by atoms with Crippen LogP contribution >= 0.6 is 11.8 Å². The molecule has 36 heavy (non-hydrogen) atoms. The Kier molecular flexibility index (Phi) is 8.88. The number of nitrogens with one attached hydrogen (secondary N) is 1. The number of anilines is 2. The van der Waals surface area contributed by atoms with Gasteiger partial charge in [0.2, 0.25) is 11.8 Å². The van der Waals surface area contributed by atoms with E-state index in [-0.39, 0.29) is 18.4 Å². The second-order valence-electron chi connectivity index (χ2n) is 7.56. The van der Waals surface area contributed by atoms with Crippen molar-refractivity contribution in [3.63, 3.8) is 0 Å². The molecule has 0 spiro atoms. The van der Waals surface area contributed by atoms with Crippen molar-refractivity contribution in [3.8, 4) is 0 Å². The average molecular weight is 523 g/mol. The van der Waals surface area contributed by atoms with Crippen molar-refractivity contribution in [1.29, 1.82) is 0 Å². The number of thioether (sulfide) groups is 1. The third-order valence-electron chi connectivity index (χ3n) is 4.93. The van der Waals surface area contributed by atoms with Gasteiger partial charge in [0.25, 0.3) is 0 Å². The lowest BCUT2D eigenvalue weighted by molar-refractivity contribution is -0.166. The lowest BCUT2D eigenvalue weighted by atomic mass is 10.1. The SMILES string of the molecule is COC(=O)c1nc(Nc2ccc(SC)cc2)nn1[C@@H]1O[C@H](COC(C)=O)[C@@H](OC(C)=O)[C@H]1OC(C)=O. The van der Waals surface area contributed by atoms with E-state index in [2.05, 4.69) is 15.4 Å². The molecule has 0 radical (unpaired) electrons. The van der Waals surface area contributed by atoms with Crippen LogP contribution in [0.25, 0.3) is 0 Å². The summed E-state index contributed by atoms with van der Waals surface area (Å²) in [6.07, 6.45) is -2.76. The monoisotopic (exact) mass is 522 g/mol. The Hall–Kier alpha value is -3.65. The first-order valence-electron chi connectivity index (χ1n) is 10.7. The minimum Gasteiger partial charge on any atom is -0.463 e. The molecule has 194 valence electrons. The van der Waals surface area contributed by atoms with E-state index in [9.17, 15) is 19.2 Å². The maximum Gasteiger partial charge on any atom is 0.376 e. The molecule has 1 fully saturated rings. The third kappa shape index (κ3) is 6.51. The van der Waals surface area contributed by atoms with Crippen molar-refractivity contribution in [2.24, 2.45) is 0 Å². The number of hydrogen-bond donors (Lipinski definition) is 1. The average Bonchev–Trinajstić information content (AvgIpc) is 3.38. The minimum atomic E-state index is -1.27. The summed E-state index contributed by atoms with van der Waals surface area (Å²) in [5, 5.41) is 7.31.